The Hall–Kier alpha value is -3.25. The van der Waals surface area contributed by atoms with Crippen LogP contribution in [0.5, 0.6) is 11.5 Å². The van der Waals surface area contributed by atoms with E-state index in [1.54, 1.807) is 37.3 Å². The van der Waals surface area contributed by atoms with E-state index in [-0.39, 0.29) is 29.8 Å². The molecule has 0 amide bonds. The molecule has 1 N–H and O–H groups in total. The molecule has 38 heavy (non-hydrogen) atoms. The Balaban J connectivity index is 2.25. The third-order valence-electron chi connectivity index (χ3n) is 5.66. The van der Waals surface area contributed by atoms with Crippen LogP contribution < -0.4 is 14.2 Å². The molecular formula is C26H25F6NO4S. The molecule has 0 fully saturated rings. The van der Waals surface area contributed by atoms with E-state index in [1.807, 2.05) is 0 Å². The van der Waals surface area contributed by atoms with Gasteiger partial charge in [-0.3, -0.25) is 0 Å². The van der Waals surface area contributed by atoms with Crippen LogP contribution in [0.3, 0.4) is 0 Å². The Morgan fingerprint density at radius 1 is 0.737 bits per heavy atom. The Morgan fingerprint density at radius 3 is 1.68 bits per heavy atom. The van der Waals surface area contributed by atoms with E-state index < -0.39 is 39.7 Å². The summed E-state index contributed by atoms with van der Waals surface area (Å²) in [7, 11) is -3.82. The summed E-state index contributed by atoms with van der Waals surface area (Å²) >= 11 is 0. The molecule has 12 heteroatoms. The molecule has 0 unspecified atom stereocenters. The number of ether oxygens (including phenoxy) is 2. The molecule has 0 bridgehead atoms. The van der Waals surface area contributed by atoms with Gasteiger partial charge in [0.15, 0.2) is 0 Å². The largest absolute Gasteiger partial charge is 0.573 e. The minimum absolute atomic E-state index is 0.0213. The van der Waals surface area contributed by atoms with Crippen molar-refractivity contribution in [2.24, 2.45) is 0 Å². The van der Waals surface area contributed by atoms with Crippen LogP contribution in [0.25, 0.3) is 0 Å². The normalized spacial score (nSPS) is 12.8. The number of nitrogens with one attached hydrogen (secondary N) is 1. The standard InChI is InChI=1S/C26H25F6NO4S/c1-2-14-38(34,35)33-18-24(17-19-8-4-3-5-9-19,20-10-6-12-22(15-20)36-25(27,28)29)21-11-7-13-23(16-21)37-26(30,31)32/h3-13,15-16,33H,2,14,17-18H2,1H3. The van der Waals surface area contributed by atoms with E-state index >= 15 is 0 Å². The predicted molar refractivity (Wildman–Crippen MR) is 129 cm³/mol. The molecule has 0 spiro atoms. The second kappa shape index (κ2) is 11.6. The highest BCUT2D eigenvalue weighted by atomic mass is 32.2. The minimum atomic E-state index is -5.00. The summed E-state index contributed by atoms with van der Waals surface area (Å²) in [5, 5.41) is 0. The van der Waals surface area contributed by atoms with Gasteiger partial charge in [-0.25, -0.2) is 13.1 Å². The zero-order chi connectivity index (χ0) is 28.0. The lowest BCUT2D eigenvalue weighted by molar-refractivity contribution is -0.275. The SMILES string of the molecule is CCCS(=O)(=O)NCC(Cc1ccccc1)(c1cccc(OC(F)(F)F)c1)c1cccc(OC(F)(F)F)c1. The van der Waals surface area contributed by atoms with E-state index in [0.717, 1.165) is 24.3 Å². The van der Waals surface area contributed by atoms with Crippen LogP contribution in [0.4, 0.5) is 26.3 Å². The number of hydrogen-bond acceptors (Lipinski definition) is 4. The molecule has 0 aromatic heterocycles. The van der Waals surface area contributed by atoms with E-state index in [4.69, 9.17) is 0 Å². The van der Waals surface area contributed by atoms with Crippen LogP contribution in [0, 0.1) is 0 Å². The van der Waals surface area contributed by atoms with E-state index in [2.05, 4.69) is 14.2 Å². The third-order valence-corrected chi connectivity index (χ3v) is 7.19. The topological polar surface area (TPSA) is 64.6 Å². The molecule has 0 aliphatic heterocycles. The average molecular weight is 562 g/mol. The first kappa shape index (κ1) is 29.3. The second-order valence-corrected chi connectivity index (χ2v) is 10.5. The van der Waals surface area contributed by atoms with Crippen molar-refractivity contribution in [1.82, 2.24) is 4.72 Å². The molecule has 0 radical (unpaired) electrons. The van der Waals surface area contributed by atoms with Gasteiger partial charge in [0.25, 0.3) is 0 Å². The van der Waals surface area contributed by atoms with Crippen molar-refractivity contribution in [2.75, 3.05) is 12.3 Å². The zero-order valence-corrected chi connectivity index (χ0v) is 21.0. The molecule has 0 saturated carbocycles. The molecule has 0 saturated heterocycles. The molecule has 206 valence electrons. The van der Waals surface area contributed by atoms with Crippen LogP contribution in [0.15, 0.2) is 78.9 Å². The Bertz CT molecular complexity index is 1250. The predicted octanol–water partition coefficient (Wildman–Crippen LogP) is 6.34. The van der Waals surface area contributed by atoms with Crippen molar-refractivity contribution in [3.8, 4) is 11.5 Å². The molecule has 0 atom stereocenters. The summed E-state index contributed by atoms with van der Waals surface area (Å²) in [6.07, 6.45) is -9.67. The highest BCUT2D eigenvalue weighted by Gasteiger charge is 2.39. The first-order chi connectivity index (χ1) is 17.7. The first-order valence-corrected chi connectivity index (χ1v) is 13.1. The van der Waals surface area contributed by atoms with Crippen molar-refractivity contribution in [3.63, 3.8) is 0 Å². The molecule has 3 aromatic carbocycles. The Morgan fingerprint density at radius 2 is 1.24 bits per heavy atom. The van der Waals surface area contributed by atoms with Crippen molar-refractivity contribution < 1.29 is 44.2 Å². The van der Waals surface area contributed by atoms with Gasteiger partial charge in [0, 0.05) is 12.0 Å². The van der Waals surface area contributed by atoms with Gasteiger partial charge in [0.2, 0.25) is 10.0 Å². The van der Waals surface area contributed by atoms with Crippen LogP contribution in [0.2, 0.25) is 0 Å². The maximum absolute atomic E-state index is 13.0. The maximum atomic E-state index is 13.0. The van der Waals surface area contributed by atoms with Gasteiger partial charge in [0.05, 0.1) is 5.75 Å². The van der Waals surface area contributed by atoms with Crippen LogP contribution in [-0.4, -0.2) is 33.4 Å². The second-order valence-electron chi connectivity index (χ2n) is 8.54. The van der Waals surface area contributed by atoms with Gasteiger partial charge < -0.3 is 9.47 Å². The van der Waals surface area contributed by atoms with Gasteiger partial charge in [-0.1, -0.05) is 61.5 Å². The summed E-state index contributed by atoms with van der Waals surface area (Å²) in [5.74, 6) is -1.35. The van der Waals surface area contributed by atoms with Crippen molar-refractivity contribution >= 4 is 10.0 Å². The number of benzene rings is 3. The van der Waals surface area contributed by atoms with Gasteiger partial charge in [-0.2, -0.15) is 0 Å². The monoisotopic (exact) mass is 561 g/mol. The number of halogens is 6. The summed E-state index contributed by atoms with van der Waals surface area (Å²) in [6, 6.07) is 18.5. The van der Waals surface area contributed by atoms with Crippen LogP contribution in [-0.2, 0) is 21.9 Å². The molecule has 3 aromatic rings. The molecule has 3 rings (SSSR count). The fraction of sp³-hybridized carbons (Fsp3) is 0.308. The fourth-order valence-electron chi connectivity index (χ4n) is 4.14. The van der Waals surface area contributed by atoms with E-state index in [1.165, 1.54) is 24.3 Å². The molecular weight excluding hydrogens is 536 g/mol. The maximum Gasteiger partial charge on any atom is 0.573 e. The Kier molecular flexibility index (Phi) is 8.98. The highest BCUT2D eigenvalue weighted by molar-refractivity contribution is 7.89. The first-order valence-electron chi connectivity index (χ1n) is 11.5. The van der Waals surface area contributed by atoms with Gasteiger partial charge >= 0.3 is 12.7 Å². The molecule has 5 nitrogen and oxygen atoms in total. The number of rotatable bonds is 11. The third kappa shape index (κ3) is 8.38. The summed E-state index contributed by atoms with van der Waals surface area (Å²) in [6.45, 7) is 1.29. The number of hydrogen-bond donors (Lipinski definition) is 1. The van der Waals surface area contributed by atoms with Gasteiger partial charge in [-0.15, -0.1) is 26.3 Å². The molecule has 0 heterocycles. The minimum Gasteiger partial charge on any atom is -0.406 e. The van der Waals surface area contributed by atoms with Crippen molar-refractivity contribution in [3.05, 3.63) is 95.6 Å². The fourth-order valence-corrected chi connectivity index (χ4v) is 5.29. The zero-order valence-electron chi connectivity index (χ0n) is 20.1. The summed E-state index contributed by atoms with van der Waals surface area (Å²) < 4.78 is 114. The van der Waals surface area contributed by atoms with Gasteiger partial charge in [0.1, 0.15) is 11.5 Å². The van der Waals surface area contributed by atoms with Crippen LogP contribution in [0.1, 0.15) is 30.0 Å². The quantitative estimate of drug-likeness (QED) is 0.278. The van der Waals surface area contributed by atoms with E-state index in [9.17, 15) is 34.8 Å². The summed E-state index contributed by atoms with van der Waals surface area (Å²) in [4.78, 5) is 0. The van der Waals surface area contributed by atoms with Crippen molar-refractivity contribution in [1.29, 1.82) is 0 Å². The van der Waals surface area contributed by atoms with Gasteiger partial charge in [-0.05, 0) is 53.8 Å². The summed E-state index contributed by atoms with van der Waals surface area (Å²) in [5.41, 5.74) is -0.428. The highest BCUT2D eigenvalue weighted by Crippen LogP contribution is 2.40. The number of sulfonamides is 1. The smallest absolute Gasteiger partial charge is 0.406 e. The van der Waals surface area contributed by atoms with Crippen molar-refractivity contribution in [2.45, 2.75) is 37.9 Å². The number of alkyl halides is 6. The molecule has 0 aliphatic rings. The average Bonchev–Trinajstić information content (AvgIpc) is 2.80. The van der Waals surface area contributed by atoms with E-state index in [0.29, 0.717) is 12.0 Å². The lowest BCUT2D eigenvalue weighted by Gasteiger charge is -2.36. The molecule has 0 aliphatic carbocycles. The lowest BCUT2D eigenvalue weighted by atomic mass is 9.70. The lowest BCUT2D eigenvalue weighted by Crippen LogP contribution is -2.44. The van der Waals surface area contributed by atoms with Crippen LogP contribution >= 0.6 is 0 Å². The Labute approximate surface area is 216 Å².